The van der Waals surface area contributed by atoms with Crippen LogP contribution < -0.4 is 5.32 Å². The Bertz CT molecular complexity index is 2110. The maximum Gasteiger partial charge on any atom is 0.164 e. The first-order valence-corrected chi connectivity index (χ1v) is 21.2. The molecule has 2 N–H and O–H groups in total. The molecule has 0 saturated heterocycles. The molecule has 4 nitrogen and oxygen atoms in total. The largest absolute Gasteiger partial charge is 0.512 e. The average molecular weight is 934 g/mol. The van der Waals surface area contributed by atoms with E-state index in [9.17, 15) is 9.90 Å². The van der Waals surface area contributed by atoms with Gasteiger partial charge in [-0.3, -0.25) is 4.79 Å². The van der Waals surface area contributed by atoms with Gasteiger partial charge in [-0.2, -0.15) is 11.3 Å². The summed E-state index contributed by atoms with van der Waals surface area (Å²) in [7, 11) is 0. The van der Waals surface area contributed by atoms with Crippen molar-refractivity contribution in [3.8, 4) is 0 Å². The Morgan fingerprint density at radius 1 is 0.981 bits per heavy atom. The molecule has 5 aromatic rings. The Morgan fingerprint density at radius 2 is 1.63 bits per heavy atom. The van der Waals surface area contributed by atoms with Crippen molar-refractivity contribution in [3.05, 3.63) is 74.0 Å². The fraction of sp³-hybridized carbons (Fsp3) is 0.500. The van der Waals surface area contributed by atoms with Gasteiger partial charge in [0.1, 0.15) is 5.76 Å². The number of fused-ring (bicyclic) bond motifs is 6. The number of nitrogens with one attached hydrogen (secondary N) is 1. The number of aliphatic hydroxyl groups is 1. The van der Waals surface area contributed by atoms with E-state index in [0.717, 1.165) is 43.4 Å². The molecule has 0 saturated carbocycles. The van der Waals surface area contributed by atoms with Gasteiger partial charge in [0.05, 0.1) is 12.4 Å². The Kier molecular flexibility index (Phi) is 13.5. The number of rotatable bonds is 10. The minimum absolute atomic E-state index is 0. The summed E-state index contributed by atoms with van der Waals surface area (Å²) in [4.78, 5) is 19.9. The number of aliphatic hydroxyl groups excluding tert-OH is 1. The Balaban J connectivity index is 0.000000289. The second kappa shape index (κ2) is 16.6. The van der Waals surface area contributed by atoms with Gasteiger partial charge in [-0.25, -0.2) is 0 Å². The molecule has 0 aliphatic carbocycles. The number of hydrogen-bond donors (Lipinski definition) is 2. The first-order valence-electron chi connectivity index (χ1n) is 18.7. The number of allylic oxidation sites excluding steroid dienone is 2. The van der Waals surface area contributed by atoms with Crippen molar-refractivity contribution in [1.29, 1.82) is 0 Å². The number of thiophene rings is 3. The second-order valence-corrected chi connectivity index (χ2v) is 19.2. The van der Waals surface area contributed by atoms with Gasteiger partial charge < -0.3 is 15.4 Å². The van der Waals surface area contributed by atoms with E-state index in [0.29, 0.717) is 12.6 Å². The molecule has 0 spiro atoms. The predicted molar refractivity (Wildman–Crippen MR) is 227 cm³/mol. The van der Waals surface area contributed by atoms with Crippen molar-refractivity contribution in [2.24, 2.45) is 21.7 Å². The molecule has 0 atom stereocenters. The van der Waals surface area contributed by atoms with Gasteiger partial charge in [0.25, 0.3) is 0 Å². The zero-order chi connectivity index (χ0) is 37.5. The van der Waals surface area contributed by atoms with Gasteiger partial charge in [0.15, 0.2) is 5.78 Å². The molecule has 8 heteroatoms. The number of ketones is 1. The number of carbonyl (C=O) groups is 1. The van der Waals surface area contributed by atoms with Crippen LogP contribution in [-0.4, -0.2) is 23.3 Å². The number of anilines is 1. The Morgan fingerprint density at radius 3 is 2.23 bits per heavy atom. The van der Waals surface area contributed by atoms with Crippen molar-refractivity contribution in [2.75, 3.05) is 12.0 Å². The third-order valence-electron chi connectivity index (χ3n) is 11.3. The number of carbonyl (C=O) groups excluding carboxylic acids is 1. The van der Waals surface area contributed by atoms with E-state index in [1.165, 1.54) is 62.9 Å². The summed E-state index contributed by atoms with van der Waals surface area (Å²) in [6.07, 6.45) is 5.90. The minimum atomic E-state index is -0.337. The van der Waals surface area contributed by atoms with Crippen molar-refractivity contribution in [2.45, 2.75) is 121 Å². The average Bonchev–Trinajstić information content (AvgIpc) is 3.81. The summed E-state index contributed by atoms with van der Waals surface area (Å²) in [6.45, 7) is 26.5. The maximum atomic E-state index is 12.2. The van der Waals surface area contributed by atoms with Crippen LogP contribution in [0.2, 0.25) is 0 Å². The van der Waals surface area contributed by atoms with Gasteiger partial charge in [-0.1, -0.05) is 93.4 Å². The van der Waals surface area contributed by atoms with Crippen LogP contribution in [0.3, 0.4) is 0 Å². The monoisotopic (exact) mass is 934 g/mol. The normalized spacial score (nSPS) is 13.9. The molecular formula is C44H57IrN2O2S3-. The fourth-order valence-electron chi connectivity index (χ4n) is 6.67. The SMILES string of the molecule is CCC(C)(CC)C(=O)/C=C(\O)C(C)(CC)CC.Cc1c(CC(C)C)sc2c1ccc1sc3c(c12)NCN=C3c1[c-]c2ccsc2c(C(C)(C)C)c1.[Ir]. The zero-order valence-electron chi connectivity index (χ0n) is 33.1. The van der Waals surface area contributed by atoms with Crippen LogP contribution in [0.15, 0.2) is 46.5 Å². The first kappa shape index (κ1) is 42.4. The van der Waals surface area contributed by atoms with E-state index < -0.39 is 0 Å². The van der Waals surface area contributed by atoms with Gasteiger partial charge in [-0.15, -0.1) is 46.3 Å². The third-order valence-corrected chi connectivity index (χ3v) is 14.7. The summed E-state index contributed by atoms with van der Waals surface area (Å²) in [5, 5.41) is 19.9. The molecule has 0 fully saturated rings. The van der Waals surface area contributed by atoms with Crippen molar-refractivity contribution >= 4 is 81.5 Å². The zero-order valence-corrected chi connectivity index (χ0v) is 38.0. The van der Waals surface area contributed by atoms with Crippen molar-refractivity contribution in [3.63, 3.8) is 0 Å². The van der Waals surface area contributed by atoms with E-state index in [1.807, 2.05) is 75.6 Å². The molecule has 1 aliphatic heterocycles. The molecule has 0 unspecified atom stereocenters. The Hall–Kier alpha value is -2.35. The standard InChI is InChI=1S/C29H29N2S3.C15H28O2.Ir/c1-15(2)11-22-16(3)19-7-8-21-23(27(19)34-22)25-28(33-21)24(30-14-31-25)18-12-17-9-10-32-26(17)20(13-18)29(4,5)6;1-7-14(5,8-2)12(16)11-13(17)15(6,9-3)10-4;/h7-10,13,15,31H,11,14H2,1-6H3;11,16H,7-10H2,1-6H3;/q-1;;/b;12-11-;. The van der Waals surface area contributed by atoms with Gasteiger partial charge in [0.2, 0.25) is 0 Å². The van der Waals surface area contributed by atoms with Crippen LogP contribution in [0.5, 0.6) is 0 Å². The van der Waals surface area contributed by atoms with Crippen molar-refractivity contribution < 1.29 is 30.0 Å². The summed E-state index contributed by atoms with van der Waals surface area (Å²) < 4.78 is 4.10. The topological polar surface area (TPSA) is 61.7 Å². The molecule has 6 rings (SSSR count). The molecule has 1 aliphatic rings. The van der Waals surface area contributed by atoms with Crippen LogP contribution >= 0.6 is 34.0 Å². The van der Waals surface area contributed by atoms with E-state index in [2.05, 4.69) is 82.6 Å². The van der Waals surface area contributed by atoms with Crippen LogP contribution in [0.25, 0.3) is 30.3 Å². The summed E-state index contributed by atoms with van der Waals surface area (Å²) in [5.41, 5.74) is 5.74. The smallest absolute Gasteiger partial charge is 0.164 e. The number of hydrogen-bond acceptors (Lipinski definition) is 7. The van der Waals surface area contributed by atoms with Crippen LogP contribution in [0, 0.1) is 29.7 Å². The molecular weight excluding hydrogens is 877 g/mol. The second-order valence-electron chi connectivity index (χ2n) is 16.2. The molecule has 283 valence electrons. The van der Waals surface area contributed by atoms with Crippen LogP contribution in [-0.2, 0) is 36.7 Å². The number of benzene rings is 2. The van der Waals surface area contributed by atoms with E-state index >= 15 is 0 Å². The molecule has 1 radical (unpaired) electrons. The Labute approximate surface area is 337 Å². The van der Waals surface area contributed by atoms with E-state index in [1.54, 1.807) is 0 Å². The molecule has 52 heavy (non-hydrogen) atoms. The summed E-state index contributed by atoms with van der Waals surface area (Å²) >= 11 is 5.66. The third kappa shape index (κ3) is 8.17. The maximum absolute atomic E-state index is 12.2. The van der Waals surface area contributed by atoms with Gasteiger partial charge in [-0.05, 0) is 77.5 Å². The number of aryl methyl sites for hydroxylation is 1. The quantitative estimate of drug-likeness (QED) is 0.0833. The minimum Gasteiger partial charge on any atom is -0.512 e. The first-order chi connectivity index (χ1) is 24.0. The summed E-state index contributed by atoms with van der Waals surface area (Å²) in [6, 6.07) is 12.9. The molecule has 2 aromatic carbocycles. The fourth-order valence-corrected chi connectivity index (χ4v) is 10.6. The van der Waals surface area contributed by atoms with Gasteiger partial charge >= 0.3 is 0 Å². The molecule has 0 amide bonds. The molecule has 0 bridgehead atoms. The summed E-state index contributed by atoms with van der Waals surface area (Å²) in [5.74, 6) is 0.948. The van der Waals surface area contributed by atoms with E-state index in [-0.39, 0.29) is 47.9 Å². The van der Waals surface area contributed by atoms with Crippen LogP contribution in [0.1, 0.15) is 128 Å². The van der Waals surface area contributed by atoms with Crippen LogP contribution in [0.4, 0.5) is 5.69 Å². The van der Waals surface area contributed by atoms with Crippen molar-refractivity contribution in [1.82, 2.24) is 0 Å². The van der Waals surface area contributed by atoms with Gasteiger partial charge in [0, 0.05) is 67.3 Å². The van der Waals surface area contributed by atoms with E-state index in [4.69, 9.17) is 4.99 Å². The number of aliphatic imine (C=N–C) groups is 1. The predicted octanol–water partition coefficient (Wildman–Crippen LogP) is 13.8. The number of nitrogens with zero attached hydrogens (tertiary/aromatic N) is 1. The molecule has 3 aromatic heterocycles. The molecule has 4 heterocycles.